The van der Waals surface area contributed by atoms with Crippen molar-refractivity contribution < 1.29 is 0 Å². The molecule has 0 spiro atoms. The van der Waals surface area contributed by atoms with Crippen molar-refractivity contribution in [1.29, 1.82) is 0 Å². The maximum atomic E-state index is 3.61. The Morgan fingerprint density at radius 1 is 0.567 bits per heavy atom. The van der Waals surface area contributed by atoms with E-state index in [1.54, 1.807) is 0 Å². The van der Waals surface area contributed by atoms with Crippen molar-refractivity contribution in [1.82, 2.24) is 0 Å². The highest BCUT2D eigenvalue weighted by atomic mass is 79.9. The Morgan fingerprint density at radius 3 is 1.23 bits per heavy atom. The zero-order chi connectivity index (χ0) is 22.0. The minimum absolute atomic E-state index is 0.210. The Hall–Kier alpha value is -1.32. The molecule has 0 atom stereocenters. The summed E-state index contributed by atoms with van der Waals surface area (Å²) in [6.07, 6.45) is 0. The lowest BCUT2D eigenvalue weighted by Gasteiger charge is -2.28. The summed E-state index contributed by atoms with van der Waals surface area (Å²) in [5.74, 6) is 1.45. The maximum absolute atomic E-state index is 3.61. The van der Waals surface area contributed by atoms with Crippen LogP contribution in [0, 0.1) is 0 Å². The summed E-state index contributed by atoms with van der Waals surface area (Å²) in [5, 5.41) is 0. The van der Waals surface area contributed by atoms with Gasteiger partial charge in [0.15, 0.2) is 0 Å². The zero-order valence-corrected chi connectivity index (χ0v) is 22.0. The maximum Gasteiger partial charge on any atom is 0.241 e. The van der Waals surface area contributed by atoms with Gasteiger partial charge in [-0.05, 0) is 58.7 Å². The second-order valence-corrected chi connectivity index (χ2v) is 10.9. The van der Waals surface area contributed by atoms with Crippen LogP contribution < -0.4 is 16.4 Å². The second-order valence-electron chi connectivity index (χ2n) is 9.11. The molecule has 0 amide bonds. The quantitative estimate of drug-likeness (QED) is 0.301. The lowest BCUT2D eigenvalue weighted by molar-refractivity contribution is 0.812. The Labute approximate surface area is 199 Å². The molecule has 3 rings (SSSR count). The predicted molar refractivity (Wildman–Crippen MR) is 142 cm³/mol. The summed E-state index contributed by atoms with van der Waals surface area (Å²) in [6.45, 7) is 14.1. The van der Waals surface area contributed by atoms with Crippen LogP contribution in [-0.2, 0) is 0 Å². The van der Waals surface area contributed by atoms with Crippen LogP contribution in [0.5, 0.6) is 0 Å². The molecule has 0 fully saturated rings. The Kier molecular flexibility index (Phi) is 7.68. The molecule has 0 aromatic heterocycles. The van der Waals surface area contributed by atoms with E-state index in [0.29, 0.717) is 17.8 Å². The lowest BCUT2D eigenvalue weighted by atomic mass is 9.34. The zero-order valence-electron chi connectivity index (χ0n) is 18.8. The molecule has 0 unspecified atom stereocenters. The minimum atomic E-state index is 0.210. The van der Waals surface area contributed by atoms with Crippen molar-refractivity contribution in [3.05, 3.63) is 86.3 Å². The summed E-state index contributed by atoms with van der Waals surface area (Å²) < 4.78 is 2.23. The monoisotopic (exact) mass is 524 g/mol. The highest BCUT2D eigenvalue weighted by Gasteiger charge is 2.29. The molecule has 0 aliphatic heterocycles. The average Bonchev–Trinajstić information content (AvgIpc) is 2.70. The fourth-order valence-corrected chi connectivity index (χ4v) is 4.71. The number of benzene rings is 3. The van der Waals surface area contributed by atoms with Gasteiger partial charge >= 0.3 is 0 Å². The highest BCUT2D eigenvalue weighted by molar-refractivity contribution is 9.10. The number of hydrogen-bond acceptors (Lipinski definition) is 0. The van der Waals surface area contributed by atoms with Gasteiger partial charge < -0.3 is 0 Å². The van der Waals surface area contributed by atoms with Crippen LogP contribution >= 0.6 is 31.9 Å². The van der Waals surface area contributed by atoms with E-state index in [0.717, 1.165) is 8.95 Å². The van der Waals surface area contributed by atoms with Crippen LogP contribution in [-0.4, -0.2) is 6.71 Å². The minimum Gasteiger partial charge on any atom is -0.0686 e. The second kappa shape index (κ2) is 9.87. The number of rotatable bonds is 6. The Bertz CT molecular complexity index is 912. The Morgan fingerprint density at radius 2 is 0.933 bits per heavy atom. The van der Waals surface area contributed by atoms with E-state index in [4.69, 9.17) is 0 Å². The van der Waals surface area contributed by atoms with Gasteiger partial charge in [-0.15, -0.1) is 0 Å². The fourth-order valence-electron chi connectivity index (χ4n) is 4.18. The van der Waals surface area contributed by atoms with Crippen LogP contribution in [0.15, 0.2) is 69.6 Å². The first-order valence-electron chi connectivity index (χ1n) is 10.9. The summed E-state index contributed by atoms with van der Waals surface area (Å²) >= 11 is 7.22. The molecule has 0 heterocycles. The standard InChI is InChI=1S/C27H31BBr2/c1-17(2)20-15-25(18(3)4)27(26(16-20)19(5)6)28(21-7-11-23(29)12-8-21)22-9-13-24(30)14-10-22/h7-19H,1-6H3. The van der Waals surface area contributed by atoms with Crippen molar-refractivity contribution in [2.45, 2.75) is 59.3 Å². The van der Waals surface area contributed by atoms with Gasteiger partial charge in [0.1, 0.15) is 0 Å². The Balaban J connectivity index is 2.36. The molecule has 0 N–H and O–H groups in total. The SMILES string of the molecule is CC(C)c1cc(C(C)C)c(B(c2ccc(Br)cc2)c2ccc(Br)cc2)c(C(C)C)c1. The lowest BCUT2D eigenvalue weighted by Crippen LogP contribution is -2.55. The van der Waals surface area contributed by atoms with Gasteiger partial charge in [0.25, 0.3) is 0 Å². The molecule has 3 heteroatoms. The van der Waals surface area contributed by atoms with Gasteiger partial charge in [0, 0.05) is 8.95 Å². The van der Waals surface area contributed by atoms with Crippen molar-refractivity contribution in [2.75, 3.05) is 0 Å². The van der Waals surface area contributed by atoms with Gasteiger partial charge in [-0.3, -0.25) is 0 Å². The molecule has 3 aromatic carbocycles. The first-order valence-corrected chi connectivity index (χ1v) is 12.5. The van der Waals surface area contributed by atoms with Crippen LogP contribution in [0.4, 0.5) is 0 Å². The predicted octanol–water partition coefficient (Wildman–Crippen LogP) is 7.10. The molecule has 3 aromatic rings. The first kappa shape index (κ1) is 23.4. The smallest absolute Gasteiger partial charge is 0.0686 e. The summed E-state index contributed by atoms with van der Waals surface area (Å²) in [7, 11) is 0. The average molecular weight is 526 g/mol. The molecule has 0 bridgehead atoms. The van der Waals surface area contributed by atoms with Crippen molar-refractivity contribution in [2.24, 2.45) is 0 Å². The van der Waals surface area contributed by atoms with Crippen molar-refractivity contribution in [3.63, 3.8) is 0 Å². The van der Waals surface area contributed by atoms with Gasteiger partial charge in [-0.25, -0.2) is 0 Å². The van der Waals surface area contributed by atoms with Crippen LogP contribution in [0.25, 0.3) is 0 Å². The molecule has 0 radical (unpaired) electrons. The van der Waals surface area contributed by atoms with Gasteiger partial charge in [0.2, 0.25) is 6.71 Å². The normalized spacial score (nSPS) is 11.6. The molecule has 0 aliphatic rings. The first-order chi connectivity index (χ1) is 14.2. The van der Waals surface area contributed by atoms with Crippen molar-refractivity contribution >= 4 is 55.0 Å². The van der Waals surface area contributed by atoms with E-state index < -0.39 is 0 Å². The van der Waals surface area contributed by atoms with Crippen LogP contribution in [0.1, 0.15) is 76.0 Å². The fraction of sp³-hybridized carbons (Fsp3) is 0.333. The van der Waals surface area contributed by atoms with E-state index in [2.05, 4.69) is 134 Å². The van der Waals surface area contributed by atoms with Gasteiger partial charge in [-0.2, -0.15) is 0 Å². The topological polar surface area (TPSA) is 0 Å². The molecular weight excluding hydrogens is 495 g/mol. The molecule has 0 aliphatic carbocycles. The molecule has 30 heavy (non-hydrogen) atoms. The van der Waals surface area contributed by atoms with Crippen LogP contribution in [0.3, 0.4) is 0 Å². The molecule has 0 saturated carbocycles. The highest BCUT2D eigenvalue weighted by Crippen LogP contribution is 2.26. The van der Waals surface area contributed by atoms with Gasteiger partial charge in [-0.1, -0.05) is 126 Å². The molecule has 156 valence electrons. The van der Waals surface area contributed by atoms with E-state index in [-0.39, 0.29) is 6.71 Å². The summed E-state index contributed by atoms with van der Waals surface area (Å²) in [5.41, 5.74) is 8.54. The molecular formula is C27H31BBr2. The van der Waals surface area contributed by atoms with Crippen molar-refractivity contribution in [3.8, 4) is 0 Å². The number of hydrogen-bond donors (Lipinski definition) is 0. The largest absolute Gasteiger partial charge is 0.241 e. The van der Waals surface area contributed by atoms with E-state index >= 15 is 0 Å². The third-order valence-electron chi connectivity index (χ3n) is 5.87. The molecule has 0 nitrogen and oxygen atoms in total. The van der Waals surface area contributed by atoms with Crippen LogP contribution in [0.2, 0.25) is 0 Å². The third kappa shape index (κ3) is 5.11. The number of halogens is 2. The van der Waals surface area contributed by atoms with E-state index in [1.165, 1.54) is 33.1 Å². The summed E-state index contributed by atoms with van der Waals surface area (Å²) in [4.78, 5) is 0. The summed E-state index contributed by atoms with van der Waals surface area (Å²) in [6, 6.07) is 22.6. The molecule has 0 saturated heterocycles. The van der Waals surface area contributed by atoms with E-state index in [9.17, 15) is 0 Å². The van der Waals surface area contributed by atoms with Gasteiger partial charge in [0.05, 0.1) is 0 Å². The third-order valence-corrected chi connectivity index (χ3v) is 6.93. The van der Waals surface area contributed by atoms with E-state index in [1.807, 2.05) is 0 Å².